The standard InChI is InChI=1S/C22H36N4O4S/c1-23-8-10-25(2)9-3-11-31(28,29)26-18-6-7-19(26)13-16(12-18)14-21(27)20-15-22(30-24-20)17-4-5-17/h15-19,23H,3-14H2,1-2H3/t16?,18-,19+. The first-order chi connectivity index (χ1) is 14.9. The van der Waals surface area contributed by atoms with Gasteiger partial charge in [-0.05, 0) is 71.5 Å². The summed E-state index contributed by atoms with van der Waals surface area (Å²) >= 11 is 0. The molecular formula is C22H36N4O4S. The minimum Gasteiger partial charge on any atom is -0.360 e. The van der Waals surface area contributed by atoms with Crippen molar-refractivity contribution in [2.24, 2.45) is 5.92 Å². The molecule has 3 fully saturated rings. The summed E-state index contributed by atoms with van der Waals surface area (Å²) in [7, 11) is 0.686. The maximum Gasteiger partial charge on any atom is 0.214 e. The first kappa shape index (κ1) is 22.9. The lowest BCUT2D eigenvalue weighted by atomic mass is 9.87. The van der Waals surface area contributed by atoms with Crippen LogP contribution in [0.5, 0.6) is 0 Å². The summed E-state index contributed by atoms with van der Waals surface area (Å²) in [6, 6.07) is 1.90. The van der Waals surface area contributed by atoms with E-state index < -0.39 is 10.0 Å². The van der Waals surface area contributed by atoms with Crippen LogP contribution in [0.25, 0.3) is 0 Å². The number of sulfonamides is 1. The first-order valence-corrected chi connectivity index (χ1v) is 13.3. The summed E-state index contributed by atoms with van der Waals surface area (Å²) in [5.74, 6) is 1.74. The van der Waals surface area contributed by atoms with E-state index in [0.29, 0.717) is 24.5 Å². The Kier molecular flexibility index (Phi) is 7.15. The predicted octanol–water partition coefficient (Wildman–Crippen LogP) is 2.24. The lowest BCUT2D eigenvalue weighted by Crippen LogP contribution is -2.47. The lowest BCUT2D eigenvalue weighted by molar-refractivity contribution is 0.0916. The maximum absolute atomic E-state index is 13.1. The Hall–Kier alpha value is -1.29. The van der Waals surface area contributed by atoms with Crippen molar-refractivity contribution in [1.29, 1.82) is 0 Å². The fourth-order valence-corrected chi connectivity index (χ4v) is 7.25. The fraction of sp³-hybridized carbons (Fsp3) is 0.818. The van der Waals surface area contributed by atoms with Gasteiger partial charge in [0.25, 0.3) is 0 Å². The molecule has 4 rings (SSSR count). The van der Waals surface area contributed by atoms with E-state index in [1.165, 1.54) is 0 Å². The smallest absolute Gasteiger partial charge is 0.214 e. The summed E-state index contributed by atoms with van der Waals surface area (Å²) in [5, 5.41) is 7.09. The fourth-order valence-electron chi connectivity index (χ4n) is 5.25. The number of fused-ring (bicyclic) bond motifs is 2. The lowest BCUT2D eigenvalue weighted by Gasteiger charge is -2.37. The Morgan fingerprint density at radius 3 is 2.58 bits per heavy atom. The van der Waals surface area contributed by atoms with Gasteiger partial charge in [-0.25, -0.2) is 8.42 Å². The summed E-state index contributed by atoms with van der Waals surface area (Å²) in [5.41, 5.74) is 0.437. The van der Waals surface area contributed by atoms with Crippen LogP contribution in [0.1, 0.15) is 73.5 Å². The van der Waals surface area contributed by atoms with Crippen molar-refractivity contribution in [3.63, 3.8) is 0 Å². The van der Waals surface area contributed by atoms with E-state index >= 15 is 0 Å². The van der Waals surface area contributed by atoms with Gasteiger partial charge in [0.15, 0.2) is 5.78 Å². The van der Waals surface area contributed by atoms with Crippen molar-refractivity contribution in [2.45, 2.75) is 69.4 Å². The van der Waals surface area contributed by atoms with E-state index in [9.17, 15) is 13.2 Å². The average molecular weight is 453 g/mol. The first-order valence-electron chi connectivity index (χ1n) is 11.7. The van der Waals surface area contributed by atoms with Crippen LogP contribution in [0.3, 0.4) is 0 Å². The van der Waals surface area contributed by atoms with E-state index in [2.05, 4.69) is 15.4 Å². The van der Waals surface area contributed by atoms with E-state index in [-0.39, 0.29) is 29.5 Å². The molecule has 3 heterocycles. The molecule has 174 valence electrons. The zero-order valence-corrected chi connectivity index (χ0v) is 19.6. The maximum atomic E-state index is 13.1. The number of piperidine rings is 1. The molecule has 0 spiro atoms. The summed E-state index contributed by atoms with van der Waals surface area (Å²) in [6.07, 6.45) is 6.69. The number of likely N-dealkylation sites (N-methyl/N-ethyl adjacent to an activating group) is 2. The van der Waals surface area contributed by atoms with Gasteiger partial charge in [0.05, 0.1) is 5.75 Å². The molecule has 0 aromatic carbocycles. The van der Waals surface area contributed by atoms with Crippen LogP contribution in [0.2, 0.25) is 0 Å². The zero-order chi connectivity index (χ0) is 22.0. The molecule has 0 amide bonds. The van der Waals surface area contributed by atoms with Crippen LogP contribution >= 0.6 is 0 Å². The molecule has 1 N–H and O–H groups in total. The van der Waals surface area contributed by atoms with Crippen molar-refractivity contribution in [3.05, 3.63) is 17.5 Å². The number of carbonyl (C=O) groups is 1. The Morgan fingerprint density at radius 1 is 1.23 bits per heavy atom. The number of nitrogens with one attached hydrogen (secondary N) is 1. The molecule has 2 aliphatic heterocycles. The van der Waals surface area contributed by atoms with Crippen LogP contribution in [0.4, 0.5) is 0 Å². The van der Waals surface area contributed by atoms with E-state index in [1.54, 1.807) is 4.31 Å². The SMILES string of the molecule is CNCCN(C)CCCS(=O)(=O)N1[C@@H]2CC[C@H]1CC(CC(=O)c1cc(C3CC3)on1)C2. The Labute approximate surface area is 185 Å². The number of Topliss-reactive ketones (excluding diaryl/α,β-unsaturated/α-hetero) is 1. The van der Waals surface area contributed by atoms with Crippen LogP contribution in [0, 0.1) is 5.92 Å². The number of ketones is 1. The number of nitrogens with zero attached hydrogens (tertiary/aromatic N) is 3. The second-order valence-corrected chi connectivity index (χ2v) is 11.6. The Bertz CT molecular complexity index is 853. The largest absolute Gasteiger partial charge is 0.360 e. The number of rotatable bonds is 12. The van der Waals surface area contributed by atoms with Gasteiger partial charge in [-0.2, -0.15) is 4.31 Å². The monoisotopic (exact) mass is 452 g/mol. The highest BCUT2D eigenvalue weighted by Crippen LogP contribution is 2.43. The molecule has 3 aliphatic rings. The average Bonchev–Trinajstić information content (AvgIpc) is 3.38. The third-order valence-corrected chi connectivity index (χ3v) is 9.08. The third-order valence-electron chi connectivity index (χ3n) is 7.04. The van der Waals surface area contributed by atoms with E-state index in [4.69, 9.17) is 4.52 Å². The van der Waals surface area contributed by atoms with Crippen molar-refractivity contribution in [3.8, 4) is 0 Å². The van der Waals surface area contributed by atoms with Crippen molar-refractivity contribution in [2.75, 3.05) is 39.5 Å². The second-order valence-electron chi connectivity index (χ2n) is 9.64. The number of carbonyl (C=O) groups excluding carboxylic acids is 1. The van der Waals surface area contributed by atoms with Crippen molar-refractivity contribution < 1.29 is 17.7 Å². The Balaban J connectivity index is 1.28. The highest BCUT2D eigenvalue weighted by molar-refractivity contribution is 7.89. The topological polar surface area (TPSA) is 95.8 Å². The molecule has 3 atom stereocenters. The van der Waals surface area contributed by atoms with Gasteiger partial charge in [0.1, 0.15) is 11.5 Å². The minimum atomic E-state index is -3.26. The highest BCUT2D eigenvalue weighted by Gasteiger charge is 2.46. The molecule has 8 nitrogen and oxygen atoms in total. The van der Waals surface area contributed by atoms with Gasteiger partial charge < -0.3 is 14.7 Å². The quantitative estimate of drug-likeness (QED) is 0.486. The van der Waals surface area contributed by atoms with Gasteiger partial charge in [-0.15, -0.1) is 0 Å². The number of hydrogen-bond donors (Lipinski definition) is 1. The number of aromatic nitrogens is 1. The van der Waals surface area contributed by atoms with Gasteiger partial charge in [-0.3, -0.25) is 4.79 Å². The second kappa shape index (κ2) is 9.68. The van der Waals surface area contributed by atoms with Crippen molar-refractivity contribution >= 4 is 15.8 Å². The molecule has 1 aliphatic carbocycles. The van der Waals surface area contributed by atoms with E-state index in [1.807, 2.05) is 20.2 Å². The van der Waals surface area contributed by atoms with E-state index in [0.717, 1.165) is 63.9 Å². The van der Waals surface area contributed by atoms with Gasteiger partial charge in [0, 0.05) is 43.6 Å². The third kappa shape index (κ3) is 5.56. The molecule has 1 aromatic heterocycles. The molecule has 2 saturated heterocycles. The predicted molar refractivity (Wildman–Crippen MR) is 119 cm³/mol. The molecule has 1 saturated carbocycles. The van der Waals surface area contributed by atoms with Gasteiger partial charge in [-0.1, -0.05) is 5.16 Å². The van der Waals surface area contributed by atoms with Crippen LogP contribution < -0.4 is 5.32 Å². The molecule has 2 bridgehead atoms. The highest BCUT2D eigenvalue weighted by atomic mass is 32.2. The van der Waals surface area contributed by atoms with Crippen molar-refractivity contribution in [1.82, 2.24) is 19.7 Å². The zero-order valence-electron chi connectivity index (χ0n) is 18.8. The molecule has 9 heteroatoms. The molecule has 31 heavy (non-hydrogen) atoms. The molecule has 0 radical (unpaired) electrons. The molecule has 1 aromatic rings. The molecule has 1 unspecified atom stereocenters. The summed E-state index contributed by atoms with van der Waals surface area (Å²) in [4.78, 5) is 14.9. The summed E-state index contributed by atoms with van der Waals surface area (Å²) < 4.78 is 33.3. The molecular weight excluding hydrogens is 416 g/mol. The van der Waals surface area contributed by atoms with Crippen LogP contribution in [0.15, 0.2) is 10.6 Å². The van der Waals surface area contributed by atoms with Gasteiger partial charge >= 0.3 is 0 Å². The number of hydrogen-bond acceptors (Lipinski definition) is 7. The van der Waals surface area contributed by atoms with Crippen LogP contribution in [-0.2, 0) is 10.0 Å². The minimum absolute atomic E-state index is 0.0287. The summed E-state index contributed by atoms with van der Waals surface area (Å²) in [6.45, 7) is 2.59. The van der Waals surface area contributed by atoms with Crippen LogP contribution in [-0.4, -0.2) is 80.1 Å². The Morgan fingerprint density at radius 2 is 1.94 bits per heavy atom. The normalized spacial score (nSPS) is 26.6. The van der Waals surface area contributed by atoms with Gasteiger partial charge in [0.2, 0.25) is 10.0 Å².